The SMILES string of the molecule is Cc1cc(=O)c(O)c(CN2CCN(c3ccccc3F)CC2)o1. The Morgan fingerprint density at radius 3 is 2.61 bits per heavy atom. The maximum Gasteiger partial charge on any atom is 0.227 e. The smallest absolute Gasteiger partial charge is 0.227 e. The molecule has 3 rings (SSSR count). The van der Waals surface area contributed by atoms with Crippen LogP contribution >= 0.6 is 0 Å². The van der Waals surface area contributed by atoms with Gasteiger partial charge in [-0.2, -0.15) is 0 Å². The maximum absolute atomic E-state index is 13.8. The van der Waals surface area contributed by atoms with Gasteiger partial charge in [0.1, 0.15) is 11.6 Å². The number of rotatable bonds is 3. The van der Waals surface area contributed by atoms with Crippen LogP contribution in [0.3, 0.4) is 0 Å². The van der Waals surface area contributed by atoms with Gasteiger partial charge >= 0.3 is 0 Å². The zero-order valence-electron chi connectivity index (χ0n) is 13.0. The van der Waals surface area contributed by atoms with Crippen LogP contribution in [0.2, 0.25) is 0 Å². The van der Waals surface area contributed by atoms with Crippen molar-refractivity contribution in [2.24, 2.45) is 0 Å². The Bertz CT molecular complexity index is 752. The van der Waals surface area contributed by atoms with E-state index < -0.39 is 5.43 Å². The Morgan fingerprint density at radius 1 is 1.22 bits per heavy atom. The molecule has 6 heteroatoms. The molecular weight excluding hydrogens is 299 g/mol. The van der Waals surface area contributed by atoms with Crippen molar-refractivity contribution in [3.63, 3.8) is 0 Å². The topological polar surface area (TPSA) is 56.9 Å². The fourth-order valence-corrected chi connectivity index (χ4v) is 2.83. The van der Waals surface area contributed by atoms with Crippen molar-refractivity contribution in [2.45, 2.75) is 13.5 Å². The van der Waals surface area contributed by atoms with Crippen molar-refractivity contribution < 1.29 is 13.9 Å². The summed E-state index contributed by atoms with van der Waals surface area (Å²) in [6.07, 6.45) is 0. The number of halogens is 1. The highest BCUT2D eigenvalue weighted by atomic mass is 19.1. The molecule has 0 saturated carbocycles. The normalized spacial score (nSPS) is 15.8. The number of piperazine rings is 1. The molecule has 1 fully saturated rings. The number of para-hydroxylation sites is 1. The van der Waals surface area contributed by atoms with Gasteiger partial charge in [0.15, 0.2) is 5.76 Å². The van der Waals surface area contributed by atoms with Crippen molar-refractivity contribution in [1.82, 2.24) is 4.90 Å². The minimum absolute atomic E-state index is 0.219. The zero-order chi connectivity index (χ0) is 16.4. The first-order chi connectivity index (χ1) is 11.0. The third kappa shape index (κ3) is 3.37. The summed E-state index contributed by atoms with van der Waals surface area (Å²) in [6, 6.07) is 8.01. The summed E-state index contributed by atoms with van der Waals surface area (Å²) < 4.78 is 19.3. The van der Waals surface area contributed by atoms with E-state index in [-0.39, 0.29) is 17.3 Å². The summed E-state index contributed by atoms with van der Waals surface area (Å²) >= 11 is 0. The lowest BCUT2D eigenvalue weighted by Crippen LogP contribution is -2.46. The first-order valence-corrected chi connectivity index (χ1v) is 7.59. The second-order valence-electron chi connectivity index (χ2n) is 5.71. The van der Waals surface area contributed by atoms with E-state index in [0.29, 0.717) is 44.2 Å². The van der Waals surface area contributed by atoms with E-state index in [0.717, 1.165) is 0 Å². The minimum atomic E-state index is -0.422. The van der Waals surface area contributed by atoms with E-state index in [9.17, 15) is 14.3 Å². The summed E-state index contributed by atoms with van der Waals surface area (Å²) in [5, 5.41) is 9.83. The van der Waals surface area contributed by atoms with Crippen molar-refractivity contribution in [3.05, 3.63) is 57.9 Å². The Morgan fingerprint density at radius 2 is 1.91 bits per heavy atom. The Labute approximate surface area is 133 Å². The van der Waals surface area contributed by atoms with Crippen LogP contribution in [0, 0.1) is 12.7 Å². The number of nitrogens with zero attached hydrogens (tertiary/aromatic N) is 2. The van der Waals surface area contributed by atoms with Crippen molar-refractivity contribution in [1.29, 1.82) is 0 Å². The highest BCUT2D eigenvalue weighted by Crippen LogP contribution is 2.22. The summed E-state index contributed by atoms with van der Waals surface area (Å²) in [4.78, 5) is 15.7. The van der Waals surface area contributed by atoms with Crippen LogP contribution in [0.15, 0.2) is 39.5 Å². The molecule has 122 valence electrons. The Balaban J connectivity index is 1.66. The van der Waals surface area contributed by atoms with Crippen LogP contribution in [0.25, 0.3) is 0 Å². The molecule has 0 bridgehead atoms. The summed E-state index contributed by atoms with van der Waals surface area (Å²) in [5.74, 6) is 0.220. The van der Waals surface area contributed by atoms with Gasteiger partial charge in [0.25, 0.3) is 0 Å². The molecule has 0 aliphatic carbocycles. The number of aromatic hydroxyl groups is 1. The third-order valence-electron chi connectivity index (χ3n) is 4.05. The van der Waals surface area contributed by atoms with Crippen LogP contribution in [0.1, 0.15) is 11.5 Å². The molecule has 2 aromatic rings. The standard InChI is InChI=1S/C17H19FN2O3/c1-12-10-15(21)17(22)16(23-12)11-19-6-8-20(9-7-19)14-5-3-2-4-13(14)18/h2-5,10,22H,6-9,11H2,1H3. The molecule has 5 nitrogen and oxygen atoms in total. The predicted octanol–water partition coefficient (Wildman–Crippen LogP) is 2.12. The average Bonchev–Trinajstić information content (AvgIpc) is 2.53. The molecule has 0 atom stereocenters. The zero-order valence-corrected chi connectivity index (χ0v) is 13.0. The second kappa shape index (κ2) is 6.42. The van der Waals surface area contributed by atoms with Gasteiger partial charge in [-0.1, -0.05) is 12.1 Å². The Hall–Kier alpha value is -2.34. The van der Waals surface area contributed by atoms with Gasteiger partial charge in [-0.25, -0.2) is 4.39 Å². The van der Waals surface area contributed by atoms with Crippen molar-refractivity contribution in [3.8, 4) is 5.75 Å². The first-order valence-electron chi connectivity index (χ1n) is 7.59. The van der Waals surface area contributed by atoms with Crippen molar-refractivity contribution in [2.75, 3.05) is 31.1 Å². The lowest BCUT2D eigenvalue weighted by Gasteiger charge is -2.35. The van der Waals surface area contributed by atoms with Gasteiger partial charge in [-0.05, 0) is 19.1 Å². The molecule has 0 unspecified atom stereocenters. The summed E-state index contributed by atoms with van der Waals surface area (Å²) in [5.41, 5.74) is 0.186. The second-order valence-corrected chi connectivity index (χ2v) is 5.71. The lowest BCUT2D eigenvalue weighted by molar-refractivity contribution is 0.219. The molecule has 2 heterocycles. The fraction of sp³-hybridized carbons (Fsp3) is 0.353. The number of hydrogen-bond donors (Lipinski definition) is 1. The molecule has 1 aromatic heterocycles. The van der Waals surface area contributed by atoms with Crippen LogP contribution in [-0.4, -0.2) is 36.2 Å². The number of hydrogen-bond acceptors (Lipinski definition) is 5. The minimum Gasteiger partial charge on any atom is -0.502 e. The summed E-state index contributed by atoms with van der Waals surface area (Å²) in [6.45, 7) is 4.81. The fourth-order valence-electron chi connectivity index (χ4n) is 2.83. The van der Waals surface area contributed by atoms with Gasteiger partial charge in [0.2, 0.25) is 11.2 Å². The van der Waals surface area contributed by atoms with Gasteiger partial charge in [-0.15, -0.1) is 0 Å². The Kier molecular flexibility index (Phi) is 4.34. The van der Waals surface area contributed by atoms with E-state index in [1.165, 1.54) is 12.1 Å². The van der Waals surface area contributed by atoms with Gasteiger partial charge in [0.05, 0.1) is 12.2 Å². The lowest BCUT2D eigenvalue weighted by atomic mass is 10.2. The first kappa shape index (κ1) is 15.6. The van der Waals surface area contributed by atoms with Gasteiger partial charge in [0, 0.05) is 32.2 Å². The van der Waals surface area contributed by atoms with Gasteiger partial charge in [-0.3, -0.25) is 9.69 Å². The molecule has 1 aliphatic heterocycles. The molecule has 0 amide bonds. The van der Waals surface area contributed by atoms with Crippen LogP contribution in [0.5, 0.6) is 5.75 Å². The number of benzene rings is 1. The molecule has 1 N–H and O–H groups in total. The summed E-state index contributed by atoms with van der Waals surface area (Å²) in [7, 11) is 0. The molecular formula is C17H19FN2O3. The largest absolute Gasteiger partial charge is 0.502 e. The van der Waals surface area contributed by atoms with E-state index in [2.05, 4.69) is 4.90 Å². The molecule has 1 aromatic carbocycles. The van der Waals surface area contributed by atoms with Crippen molar-refractivity contribution >= 4 is 5.69 Å². The third-order valence-corrected chi connectivity index (χ3v) is 4.05. The highest BCUT2D eigenvalue weighted by molar-refractivity contribution is 5.48. The predicted molar refractivity (Wildman–Crippen MR) is 85.3 cm³/mol. The number of anilines is 1. The van der Waals surface area contributed by atoms with Crippen LogP contribution < -0.4 is 10.3 Å². The molecule has 1 saturated heterocycles. The van der Waals surface area contributed by atoms with E-state index in [1.54, 1.807) is 19.1 Å². The average molecular weight is 318 g/mol. The van der Waals surface area contributed by atoms with E-state index in [1.807, 2.05) is 11.0 Å². The highest BCUT2D eigenvalue weighted by Gasteiger charge is 2.21. The van der Waals surface area contributed by atoms with Gasteiger partial charge < -0.3 is 14.4 Å². The quantitative estimate of drug-likeness (QED) is 0.939. The van der Waals surface area contributed by atoms with Crippen LogP contribution in [0.4, 0.5) is 10.1 Å². The maximum atomic E-state index is 13.8. The molecule has 23 heavy (non-hydrogen) atoms. The van der Waals surface area contributed by atoms with E-state index in [4.69, 9.17) is 4.42 Å². The number of aryl methyl sites for hydroxylation is 1. The van der Waals surface area contributed by atoms with E-state index >= 15 is 0 Å². The molecule has 1 aliphatic rings. The van der Waals surface area contributed by atoms with Crippen LogP contribution in [-0.2, 0) is 6.54 Å². The monoisotopic (exact) mass is 318 g/mol. The molecule has 0 spiro atoms. The molecule has 0 radical (unpaired) electrons.